The minimum absolute atomic E-state index is 0.256. The van der Waals surface area contributed by atoms with E-state index in [-0.39, 0.29) is 23.4 Å². The molecular formula is C20H17ClF2N4. The summed E-state index contributed by atoms with van der Waals surface area (Å²) in [4.78, 5) is 0. The number of anilines is 1. The second-order valence-corrected chi connectivity index (χ2v) is 6.96. The maximum absolute atomic E-state index is 15.3. The molecule has 0 radical (unpaired) electrons. The Bertz CT molecular complexity index is 992. The summed E-state index contributed by atoms with van der Waals surface area (Å²) in [5, 5.41) is 11.3. The first-order valence-electron chi connectivity index (χ1n) is 8.61. The molecule has 1 aromatic heterocycles. The zero-order valence-electron chi connectivity index (χ0n) is 14.3. The zero-order chi connectivity index (χ0) is 19.0. The van der Waals surface area contributed by atoms with E-state index >= 15 is 4.39 Å². The Morgan fingerprint density at radius 2 is 1.85 bits per heavy atom. The molecule has 3 N–H and O–H groups in total. The molecule has 1 unspecified atom stereocenters. The quantitative estimate of drug-likeness (QED) is 0.690. The van der Waals surface area contributed by atoms with Crippen molar-refractivity contribution in [3.05, 3.63) is 75.8 Å². The SMILES string of the molecule is Nc1ccc(-c2ccc3c(c2F)CNCCC3c2ccc(Cl)cc2F)nn1. The summed E-state index contributed by atoms with van der Waals surface area (Å²) in [5.41, 5.74) is 8.12. The Kier molecular flexibility index (Phi) is 4.76. The van der Waals surface area contributed by atoms with Crippen LogP contribution < -0.4 is 11.1 Å². The Hall–Kier alpha value is -2.57. The highest BCUT2D eigenvalue weighted by molar-refractivity contribution is 6.30. The maximum Gasteiger partial charge on any atom is 0.146 e. The molecule has 0 aliphatic carbocycles. The fraction of sp³-hybridized carbons (Fsp3) is 0.200. The number of hydrogen-bond acceptors (Lipinski definition) is 4. The molecule has 0 fully saturated rings. The second kappa shape index (κ2) is 7.21. The summed E-state index contributed by atoms with van der Waals surface area (Å²) in [5.74, 6) is -0.739. The van der Waals surface area contributed by atoms with E-state index in [0.717, 1.165) is 5.56 Å². The molecule has 7 heteroatoms. The van der Waals surface area contributed by atoms with Crippen LogP contribution in [0.3, 0.4) is 0 Å². The maximum atomic E-state index is 15.3. The molecule has 1 aliphatic rings. The van der Waals surface area contributed by atoms with E-state index in [0.29, 0.717) is 46.9 Å². The predicted molar refractivity (Wildman–Crippen MR) is 101 cm³/mol. The molecule has 4 nitrogen and oxygen atoms in total. The summed E-state index contributed by atoms with van der Waals surface area (Å²) in [6.07, 6.45) is 0.659. The van der Waals surface area contributed by atoms with Gasteiger partial charge in [-0.15, -0.1) is 10.2 Å². The van der Waals surface area contributed by atoms with E-state index in [1.54, 1.807) is 30.3 Å². The van der Waals surface area contributed by atoms with Crippen LogP contribution in [0.2, 0.25) is 5.02 Å². The summed E-state index contributed by atoms with van der Waals surface area (Å²) < 4.78 is 29.8. The van der Waals surface area contributed by atoms with Crippen LogP contribution in [0, 0.1) is 11.6 Å². The van der Waals surface area contributed by atoms with E-state index in [1.165, 1.54) is 6.07 Å². The Morgan fingerprint density at radius 3 is 2.59 bits per heavy atom. The van der Waals surface area contributed by atoms with Crippen LogP contribution in [0.15, 0.2) is 42.5 Å². The molecule has 3 aromatic rings. The first-order valence-corrected chi connectivity index (χ1v) is 8.99. The molecule has 1 aliphatic heterocycles. The predicted octanol–water partition coefficient (Wildman–Crippen LogP) is 4.28. The van der Waals surface area contributed by atoms with E-state index in [1.807, 2.05) is 6.07 Å². The van der Waals surface area contributed by atoms with Gasteiger partial charge in [0, 0.05) is 28.6 Å². The number of benzene rings is 2. The summed E-state index contributed by atoms with van der Waals surface area (Å²) in [7, 11) is 0. The smallest absolute Gasteiger partial charge is 0.146 e. The monoisotopic (exact) mass is 386 g/mol. The van der Waals surface area contributed by atoms with Crippen molar-refractivity contribution in [2.24, 2.45) is 0 Å². The van der Waals surface area contributed by atoms with Crippen LogP contribution in [-0.2, 0) is 6.54 Å². The number of rotatable bonds is 2. The fourth-order valence-corrected chi connectivity index (χ4v) is 3.71. The standard InChI is InChI=1S/C20H17ClF2N4/c21-11-1-2-14(17(22)9-11)13-7-8-25-10-16-12(13)3-4-15(20(16)23)18-5-6-19(24)27-26-18/h1-6,9,13,25H,7-8,10H2,(H2,24,27). The summed E-state index contributed by atoms with van der Waals surface area (Å²) in [6, 6.07) is 11.4. The van der Waals surface area contributed by atoms with Crippen LogP contribution >= 0.6 is 11.6 Å². The third-order valence-corrected chi connectivity index (χ3v) is 5.10. The molecule has 2 heterocycles. The molecule has 0 bridgehead atoms. The van der Waals surface area contributed by atoms with Crippen molar-refractivity contribution in [1.82, 2.24) is 15.5 Å². The van der Waals surface area contributed by atoms with Crippen LogP contribution in [0.1, 0.15) is 29.0 Å². The van der Waals surface area contributed by atoms with Crippen molar-refractivity contribution in [3.63, 3.8) is 0 Å². The van der Waals surface area contributed by atoms with Crippen LogP contribution in [0.4, 0.5) is 14.6 Å². The number of aromatic nitrogens is 2. The molecule has 2 aromatic carbocycles. The molecule has 0 saturated carbocycles. The van der Waals surface area contributed by atoms with Gasteiger partial charge in [-0.3, -0.25) is 0 Å². The van der Waals surface area contributed by atoms with Crippen LogP contribution in [-0.4, -0.2) is 16.7 Å². The Balaban J connectivity index is 1.83. The minimum atomic E-state index is -0.380. The third kappa shape index (κ3) is 3.38. The third-order valence-electron chi connectivity index (χ3n) is 4.87. The van der Waals surface area contributed by atoms with Crippen molar-refractivity contribution in [2.45, 2.75) is 18.9 Å². The van der Waals surface area contributed by atoms with Gasteiger partial charge in [0.1, 0.15) is 17.5 Å². The van der Waals surface area contributed by atoms with E-state index in [9.17, 15) is 4.39 Å². The number of nitrogens with one attached hydrogen (secondary N) is 1. The van der Waals surface area contributed by atoms with Crippen LogP contribution in [0.5, 0.6) is 0 Å². The first kappa shape index (κ1) is 17.8. The Morgan fingerprint density at radius 1 is 1.04 bits per heavy atom. The Labute approximate surface area is 160 Å². The largest absolute Gasteiger partial charge is 0.382 e. The van der Waals surface area contributed by atoms with Gasteiger partial charge in [-0.25, -0.2) is 8.78 Å². The van der Waals surface area contributed by atoms with Gasteiger partial charge in [0.2, 0.25) is 0 Å². The zero-order valence-corrected chi connectivity index (χ0v) is 15.1. The molecular weight excluding hydrogens is 370 g/mol. The van der Waals surface area contributed by atoms with Crippen LogP contribution in [0.25, 0.3) is 11.3 Å². The molecule has 4 rings (SSSR count). The van der Waals surface area contributed by atoms with Gasteiger partial charge in [0.15, 0.2) is 0 Å². The van der Waals surface area contributed by atoms with E-state index in [2.05, 4.69) is 15.5 Å². The van der Waals surface area contributed by atoms with Gasteiger partial charge in [-0.2, -0.15) is 0 Å². The number of nitrogens with zero attached hydrogens (tertiary/aromatic N) is 2. The average Bonchev–Trinajstić information content (AvgIpc) is 2.86. The lowest BCUT2D eigenvalue weighted by molar-refractivity contribution is 0.579. The number of fused-ring (bicyclic) bond motifs is 1. The molecule has 138 valence electrons. The molecule has 0 saturated heterocycles. The topological polar surface area (TPSA) is 63.8 Å². The fourth-order valence-electron chi connectivity index (χ4n) is 3.55. The molecule has 27 heavy (non-hydrogen) atoms. The van der Waals surface area contributed by atoms with Gasteiger partial charge in [0.05, 0.1) is 5.69 Å². The summed E-state index contributed by atoms with van der Waals surface area (Å²) >= 11 is 5.88. The van der Waals surface area contributed by atoms with Crippen molar-refractivity contribution in [3.8, 4) is 11.3 Å². The highest BCUT2D eigenvalue weighted by atomic mass is 35.5. The summed E-state index contributed by atoms with van der Waals surface area (Å²) in [6.45, 7) is 1.01. The second-order valence-electron chi connectivity index (χ2n) is 6.52. The normalized spacial score (nSPS) is 16.6. The highest BCUT2D eigenvalue weighted by Gasteiger charge is 2.26. The number of halogens is 3. The van der Waals surface area contributed by atoms with Crippen molar-refractivity contribution in [1.29, 1.82) is 0 Å². The van der Waals surface area contributed by atoms with E-state index in [4.69, 9.17) is 17.3 Å². The molecule has 0 amide bonds. The lowest BCUT2D eigenvalue weighted by Gasteiger charge is -2.20. The van der Waals surface area contributed by atoms with Gasteiger partial charge in [-0.05, 0) is 54.4 Å². The van der Waals surface area contributed by atoms with Gasteiger partial charge < -0.3 is 11.1 Å². The van der Waals surface area contributed by atoms with Crippen molar-refractivity contribution in [2.75, 3.05) is 12.3 Å². The number of nitrogens with two attached hydrogens (primary N) is 1. The number of nitrogen functional groups attached to an aromatic ring is 1. The van der Waals surface area contributed by atoms with Crippen molar-refractivity contribution < 1.29 is 8.78 Å². The average molecular weight is 387 g/mol. The number of hydrogen-bond donors (Lipinski definition) is 2. The van der Waals surface area contributed by atoms with Crippen molar-refractivity contribution >= 4 is 17.4 Å². The lowest BCUT2D eigenvalue weighted by Crippen LogP contribution is -2.13. The van der Waals surface area contributed by atoms with Gasteiger partial charge in [0.25, 0.3) is 0 Å². The molecule has 0 spiro atoms. The first-order chi connectivity index (χ1) is 13.0. The lowest BCUT2D eigenvalue weighted by atomic mass is 9.85. The van der Waals surface area contributed by atoms with Gasteiger partial charge >= 0.3 is 0 Å². The molecule has 1 atom stereocenters. The minimum Gasteiger partial charge on any atom is -0.382 e. The highest BCUT2D eigenvalue weighted by Crippen LogP contribution is 2.37. The van der Waals surface area contributed by atoms with Gasteiger partial charge in [-0.1, -0.05) is 23.7 Å². The van der Waals surface area contributed by atoms with E-state index < -0.39 is 0 Å².